The summed E-state index contributed by atoms with van der Waals surface area (Å²) in [5.41, 5.74) is 3.68. The summed E-state index contributed by atoms with van der Waals surface area (Å²) in [6.45, 7) is 0. The Balaban J connectivity index is 1.62. The number of aromatic hydroxyl groups is 2. The Bertz CT molecular complexity index is 1130. The van der Waals surface area contributed by atoms with E-state index < -0.39 is 0 Å². The highest BCUT2D eigenvalue weighted by Gasteiger charge is 2.15. The molecule has 1 amide bonds. The second-order valence-electron chi connectivity index (χ2n) is 6.40. The standard InChI is InChI=1S/C22H17N3O3S/c26-17-5-1-14(2-6-17)11-20(28)25-22-21(16-9-10-29-13-16)24-19(12-23-22)15-3-7-18(27)8-4-15/h1-10,12-13,26-27H,11H2,(H,23,25,28). The first-order valence-electron chi connectivity index (χ1n) is 8.85. The maximum Gasteiger partial charge on any atom is 0.230 e. The summed E-state index contributed by atoms with van der Waals surface area (Å²) < 4.78 is 0. The van der Waals surface area contributed by atoms with Gasteiger partial charge in [-0.1, -0.05) is 12.1 Å². The minimum atomic E-state index is -0.223. The number of phenols is 2. The number of benzene rings is 2. The van der Waals surface area contributed by atoms with Crippen LogP contribution in [0.5, 0.6) is 11.5 Å². The number of thiophene rings is 1. The van der Waals surface area contributed by atoms with Gasteiger partial charge in [0, 0.05) is 16.5 Å². The summed E-state index contributed by atoms with van der Waals surface area (Å²) in [6, 6.07) is 15.1. The smallest absolute Gasteiger partial charge is 0.230 e. The SMILES string of the molecule is O=C(Cc1ccc(O)cc1)Nc1ncc(-c2ccc(O)cc2)nc1-c1ccsc1. The third-order valence-corrected chi connectivity index (χ3v) is 4.97. The fourth-order valence-electron chi connectivity index (χ4n) is 2.83. The van der Waals surface area contributed by atoms with E-state index in [0.717, 1.165) is 16.7 Å². The van der Waals surface area contributed by atoms with Crippen LogP contribution in [0, 0.1) is 0 Å². The number of aromatic nitrogens is 2. The monoisotopic (exact) mass is 403 g/mol. The molecule has 4 aromatic rings. The van der Waals surface area contributed by atoms with Crippen LogP contribution in [-0.4, -0.2) is 26.1 Å². The quantitative estimate of drug-likeness (QED) is 0.457. The zero-order valence-electron chi connectivity index (χ0n) is 15.2. The molecule has 2 heterocycles. The molecule has 0 saturated heterocycles. The van der Waals surface area contributed by atoms with Crippen molar-refractivity contribution in [2.24, 2.45) is 0 Å². The molecule has 0 radical (unpaired) electrons. The van der Waals surface area contributed by atoms with E-state index in [2.05, 4.69) is 10.3 Å². The first-order valence-corrected chi connectivity index (χ1v) is 9.79. The van der Waals surface area contributed by atoms with Crippen LogP contribution in [0.25, 0.3) is 22.5 Å². The molecular formula is C22H17N3O3S. The van der Waals surface area contributed by atoms with Crippen molar-refractivity contribution in [3.63, 3.8) is 0 Å². The molecule has 0 aliphatic heterocycles. The van der Waals surface area contributed by atoms with Crippen LogP contribution >= 0.6 is 11.3 Å². The van der Waals surface area contributed by atoms with Crippen LogP contribution in [0.3, 0.4) is 0 Å². The van der Waals surface area contributed by atoms with Crippen molar-refractivity contribution in [1.82, 2.24) is 9.97 Å². The summed E-state index contributed by atoms with van der Waals surface area (Å²) in [5, 5.41) is 25.6. The van der Waals surface area contributed by atoms with Gasteiger partial charge in [0.2, 0.25) is 5.91 Å². The number of amides is 1. The lowest BCUT2D eigenvalue weighted by Gasteiger charge is -2.11. The van der Waals surface area contributed by atoms with E-state index in [4.69, 9.17) is 4.98 Å². The van der Waals surface area contributed by atoms with Crippen molar-refractivity contribution in [3.05, 3.63) is 77.1 Å². The van der Waals surface area contributed by atoms with E-state index in [9.17, 15) is 15.0 Å². The topological polar surface area (TPSA) is 95.3 Å². The Kier molecular flexibility index (Phi) is 5.22. The first-order chi connectivity index (χ1) is 14.1. The van der Waals surface area contributed by atoms with E-state index in [-0.39, 0.29) is 23.8 Å². The van der Waals surface area contributed by atoms with Crippen molar-refractivity contribution in [2.45, 2.75) is 6.42 Å². The van der Waals surface area contributed by atoms with Crippen molar-refractivity contribution in [1.29, 1.82) is 0 Å². The summed E-state index contributed by atoms with van der Waals surface area (Å²) in [7, 11) is 0. The molecule has 0 spiro atoms. The molecule has 0 unspecified atom stereocenters. The second-order valence-corrected chi connectivity index (χ2v) is 7.18. The van der Waals surface area contributed by atoms with Gasteiger partial charge in [-0.3, -0.25) is 4.79 Å². The van der Waals surface area contributed by atoms with Crippen LogP contribution in [-0.2, 0) is 11.2 Å². The first kappa shape index (κ1) is 18.6. The largest absolute Gasteiger partial charge is 0.508 e. The summed E-state index contributed by atoms with van der Waals surface area (Å²) in [5.74, 6) is 0.496. The number of rotatable bonds is 5. The highest BCUT2D eigenvalue weighted by molar-refractivity contribution is 7.08. The molecule has 0 aliphatic carbocycles. The highest BCUT2D eigenvalue weighted by atomic mass is 32.1. The molecule has 0 atom stereocenters. The molecule has 6 nitrogen and oxygen atoms in total. The van der Waals surface area contributed by atoms with Gasteiger partial charge in [-0.15, -0.1) is 0 Å². The lowest BCUT2D eigenvalue weighted by molar-refractivity contribution is -0.115. The maximum atomic E-state index is 12.5. The molecule has 7 heteroatoms. The van der Waals surface area contributed by atoms with Gasteiger partial charge < -0.3 is 15.5 Å². The zero-order chi connectivity index (χ0) is 20.2. The second kappa shape index (κ2) is 8.12. The molecule has 0 bridgehead atoms. The van der Waals surface area contributed by atoms with Gasteiger partial charge in [-0.05, 0) is 53.4 Å². The highest BCUT2D eigenvalue weighted by Crippen LogP contribution is 2.29. The molecule has 0 saturated carbocycles. The van der Waals surface area contributed by atoms with E-state index in [1.807, 2.05) is 16.8 Å². The molecule has 29 heavy (non-hydrogen) atoms. The van der Waals surface area contributed by atoms with Crippen molar-refractivity contribution in [2.75, 3.05) is 5.32 Å². The van der Waals surface area contributed by atoms with E-state index in [1.165, 1.54) is 11.3 Å². The molecular weight excluding hydrogens is 386 g/mol. The predicted octanol–water partition coefficient (Wildman–Crippen LogP) is 4.46. The number of hydrogen-bond acceptors (Lipinski definition) is 6. The Hall–Kier alpha value is -3.71. The fourth-order valence-corrected chi connectivity index (χ4v) is 3.47. The Morgan fingerprint density at radius 2 is 1.62 bits per heavy atom. The predicted molar refractivity (Wildman–Crippen MR) is 113 cm³/mol. The number of nitrogens with zero attached hydrogens (tertiary/aromatic N) is 2. The van der Waals surface area contributed by atoms with Crippen molar-refractivity contribution < 1.29 is 15.0 Å². The van der Waals surface area contributed by atoms with Gasteiger partial charge in [0.1, 0.15) is 17.2 Å². The lowest BCUT2D eigenvalue weighted by atomic mass is 10.1. The third-order valence-electron chi connectivity index (χ3n) is 4.29. The lowest BCUT2D eigenvalue weighted by Crippen LogP contribution is -2.16. The van der Waals surface area contributed by atoms with Crippen LogP contribution < -0.4 is 5.32 Å². The number of nitrogens with one attached hydrogen (secondary N) is 1. The Morgan fingerprint density at radius 3 is 2.28 bits per heavy atom. The fraction of sp³-hybridized carbons (Fsp3) is 0.0455. The molecule has 2 aromatic heterocycles. The zero-order valence-corrected chi connectivity index (χ0v) is 16.1. The van der Waals surface area contributed by atoms with E-state index >= 15 is 0 Å². The Labute approximate surface area is 171 Å². The maximum absolute atomic E-state index is 12.5. The van der Waals surface area contributed by atoms with Gasteiger partial charge in [-0.25, -0.2) is 9.97 Å². The van der Waals surface area contributed by atoms with Crippen LogP contribution in [0.4, 0.5) is 5.82 Å². The molecule has 144 valence electrons. The van der Waals surface area contributed by atoms with Crippen molar-refractivity contribution in [3.8, 4) is 34.0 Å². The minimum absolute atomic E-state index is 0.157. The van der Waals surface area contributed by atoms with Gasteiger partial charge in [0.05, 0.1) is 18.3 Å². The number of hydrogen-bond donors (Lipinski definition) is 3. The third kappa shape index (κ3) is 4.41. The minimum Gasteiger partial charge on any atom is -0.508 e. The summed E-state index contributed by atoms with van der Waals surface area (Å²) >= 11 is 1.53. The van der Waals surface area contributed by atoms with Crippen molar-refractivity contribution >= 4 is 23.1 Å². The normalized spacial score (nSPS) is 10.6. The summed E-state index contributed by atoms with van der Waals surface area (Å²) in [6.07, 6.45) is 1.75. The number of carbonyl (C=O) groups excluding carboxylic acids is 1. The molecule has 2 aromatic carbocycles. The molecule has 4 rings (SSSR count). The van der Waals surface area contributed by atoms with Gasteiger partial charge in [0.25, 0.3) is 0 Å². The van der Waals surface area contributed by atoms with Crippen LogP contribution in [0.15, 0.2) is 71.6 Å². The van der Waals surface area contributed by atoms with Gasteiger partial charge >= 0.3 is 0 Å². The van der Waals surface area contributed by atoms with Gasteiger partial charge in [0.15, 0.2) is 5.82 Å². The summed E-state index contributed by atoms with van der Waals surface area (Å²) in [4.78, 5) is 21.7. The molecule has 0 aliphatic rings. The molecule has 0 fully saturated rings. The average Bonchev–Trinajstić information content (AvgIpc) is 3.25. The molecule has 3 N–H and O–H groups in total. The number of carbonyl (C=O) groups is 1. The van der Waals surface area contributed by atoms with Crippen LogP contribution in [0.1, 0.15) is 5.56 Å². The van der Waals surface area contributed by atoms with Gasteiger partial charge in [-0.2, -0.15) is 11.3 Å². The number of anilines is 1. The Morgan fingerprint density at radius 1 is 0.931 bits per heavy atom. The van der Waals surface area contributed by atoms with Crippen LogP contribution in [0.2, 0.25) is 0 Å². The van der Waals surface area contributed by atoms with E-state index in [0.29, 0.717) is 17.2 Å². The average molecular weight is 403 g/mol. The number of phenolic OH excluding ortho intramolecular Hbond substituents is 2. The van der Waals surface area contributed by atoms with E-state index in [1.54, 1.807) is 54.7 Å².